The molecule has 0 radical (unpaired) electrons. The van der Waals surface area contributed by atoms with Gasteiger partial charge in [0.15, 0.2) is 6.26 Å². The molecule has 1 N–H and O–H groups in total. The monoisotopic (exact) mass is 470 g/mol. The molecule has 0 aliphatic heterocycles. The highest BCUT2D eigenvalue weighted by Crippen LogP contribution is 2.50. The van der Waals surface area contributed by atoms with E-state index < -0.39 is 12.9 Å². The van der Waals surface area contributed by atoms with Gasteiger partial charge in [0.2, 0.25) is 0 Å². The van der Waals surface area contributed by atoms with E-state index in [4.69, 9.17) is 9.63 Å². The van der Waals surface area contributed by atoms with Crippen molar-refractivity contribution in [2.75, 3.05) is 13.2 Å². The Bertz CT molecular complexity index is 923. The van der Waals surface area contributed by atoms with Gasteiger partial charge in [0.05, 0.1) is 6.61 Å². The molecule has 11 nitrogen and oxygen atoms in total. The van der Waals surface area contributed by atoms with E-state index in [1.807, 2.05) is 19.1 Å². The summed E-state index contributed by atoms with van der Waals surface area (Å²) >= 11 is 0. The van der Waals surface area contributed by atoms with Crippen LogP contribution in [0.15, 0.2) is 55.0 Å². The molecule has 0 aliphatic rings. The summed E-state index contributed by atoms with van der Waals surface area (Å²) in [4.78, 5) is 22.0. The third-order valence-corrected chi connectivity index (χ3v) is 6.29. The van der Waals surface area contributed by atoms with Crippen molar-refractivity contribution in [2.45, 2.75) is 20.8 Å². The first-order valence-electron chi connectivity index (χ1n) is 9.24. The van der Waals surface area contributed by atoms with Crippen LogP contribution in [0.25, 0.3) is 0 Å². The average molecular weight is 470 g/mol. The Labute approximate surface area is 184 Å². The van der Waals surface area contributed by atoms with Crippen molar-refractivity contribution in [2.24, 2.45) is 0 Å². The van der Waals surface area contributed by atoms with E-state index >= 15 is 0 Å². The minimum Gasteiger partial charge on any atom is -0.512 e. The van der Waals surface area contributed by atoms with E-state index in [0.717, 1.165) is 11.8 Å². The summed E-state index contributed by atoms with van der Waals surface area (Å²) in [5, 5.41) is 28.2. The normalized spacial score (nSPS) is 13.2. The third-order valence-electron chi connectivity index (χ3n) is 4.01. The molecule has 0 aliphatic carbocycles. The summed E-state index contributed by atoms with van der Waals surface area (Å²) in [7, 11) is -3.97. The first-order valence-corrected chi connectivity index (χ1v) is 10.9. The SMILES string of the molecule is Cc1cc(C)c(C(=O)P(=O)(OCCOOOOOOO/C=C/O)c2ccccc2)c(C)c1. The van der Waals surface area contributed by atoms with Crippen LogP contribution in [0.3, 0.4) is 0 Å². The second-order valence-corrected chi connectivity index (χ2v) is 8.63. The molecule has 12 heteroatoms. The number of aliphatic hydroxyl groups excluding tert-OH is 1. The number of aryl methyl sites for hydroxylation is 3. The standard InChI is InChI=1S/C20H23O11P/c1-15-13-16(2)19(17(3)14-15)20(22)32(23,18-7-5-4-6-8-18)26-12-11-25-28-30-31-29-27-24-10-9-21/h4-10,13-14,21H,11-12H2,1-3H3/b10-9+. The Balaban J connectivity index is 1.97. The predicted octanol–water partition coefficient (Wildman–Crippen LogP) is 4.01. The smallest absolute Gasteiger partial charge is 0.300 e. The van der Waals surface area contributed by atoms with Crippen LogP contribution in [0, 0.1) is 20.8 Å². The van der Waals surface area contributed by atoms with Crippen LogP contribution in [-0.2, 0) is 44.1 Å². The highest BCUT2D eigenvalue weighted by molar-refractivity contribution is 7.83. The van der Waals surface area contributed by atoms with E-state index in [1.54, 1.807) is 44.2 Å². The molecule has 0 aromatic heterocycles. The fourth-order valence-electron chi connectivity index (χ4n) is 2.89. The molecule has 0 amide bonds. The second kappa shape index (κ2) is 13.1. The van der Waals surface area contributed by atoms with Gasteiger partial charge in [-0.2, -0.15) is 0 Å². The number of rotatable bonds is 14. The zero-order valence-corrected chi connectivity index (χ0v) is 18.5. The molecule has 174 valence electrons. The van der Waals surface area contributed by atoms with Gasteiger partial charge in [0.25, 0.3) is 5.52 Å². The molecule has 2 aromatic rings. The number of hydrogen-bond donors (Lipinski definition) is 1. The molecular weight excluding hydrogens is 447 g/mol. The first kappa shape index (κ1) is 25.7. The Morgan fingerprint density at radius 1 is 0.938 bits per heavy atom. The number of carbonyl (C=O) groups excluding carboxylic acids is 1. The molecule has 1 atom stereocenters. The Morgan fingerprint density at radius 3 is 2.22 bits per heavy atom. The zero-order valence-electron chi connectivity index (χ0n) is 17.6. The highest BCUT2D eigenvalue weighted by atomic mass is 31.2. The fraction of sp³-hybridized carbons (Fsp3) is 0.250. The van der Waals surface area contributed by atoms with E-state index in [9.17, 15) is 9.36 Å². The fourth-order valence-corrected chi connectivity index (χ4v) is 4.93. The van der Waals surface area contributed by atoms with Crippen LogP contribution in [0.2, 0.25) is 0 Å². The average Bonchev–Trinajstić information content (AvgIpc) is 2.77. The van der Waals surface area contributed by atoms with Gasteiger partial charge in [0, 0.05) is 26.0 Å². The van der Waals surface area contributed by atoms with Crippen LogP contribution in [0.1, 0.15) is 27.0 Å². The van der Waals surface area contributed by atoms with Crippen molar-refractivity contribution in [3.8, 4) is 0 Å². The lowest BCUT2D eigenvalue weighted by atomic mass is 10.0. The van der Waals surface area contributed by atoms with E-state index in [0.29, 0.717) is 23.0 Å². The molecule has 0 saturated heterocycles. The van der Waals surface area contributed by atoms with Gasteiger partial charge in [-0.15, -0.1) is 0 Å². The van der Waals surface area contributed by atoms with Crippen molar-refractivity contribution in [1.29, 1.82) is 0 Å². The van der Waals surface area contributed by atoms with Gasteiger partial charge < -0.3 is 14.5 Å². The maximum Gasteiger partial charge on any atom is 0.300 e. The van der Waals surface area contributed by atoms with Gasteiger partial charge in [-0.1, -0.05) is 35.9 Å². The second-order valence-electron chi connectivity index (χ2n) is 6.34. The summed E-state index contributed by atoms with van der Waals surface area (Å²) in [5.74, 6) is 0. The largest absolute Gasteiger partial charge is 0.512 e. The Hall–Kier alpha value is -2.60. The van der Waals surface area contributed by atoms with Gasteiger partial charge in [-0.3, -0.25) is 9.36 Å². The van der Waals surface area contributed by atoms with E-state index in [2.05, 4.69) is 35.0 Å². The minimum absolute atomic E-state index is 0.257. The minimum atomic E-state index is -3.97. The van der Waals surface area contributed by atoms with Crippen molar-refractivity contribution in [1.82, 2.24) is 0 Å². The van der Waals surface area contributed by atoms with Gasteiger partial charge in [-0.05, 0) is 54.1 Å². The van der Waals surface area contributed by atoms with Crippen molar-refractivity contribution < 1.29 is 54.0 Å². The molecule has 0 saturated carbocycles. The quantitative estimate of drug-likeness (QED) is 0.141. The number of benzene rings is 2. The summed E-state index contributed by atoms with van der Waals surface area (Å²) in [5.41, 5.74) is 2.15. The molecule has 0 heterocycles. The third kappa shape index (κ3) is 7.23. The lowest BCUT2D eigenvalue weighted by molar-refractivity contribution is -0.786. The number of hydrogen-bond acceptors (Lipinski definition) is 11. The van der Waals surface area contributed by atoms with E-state index in [1.165, 1.54) is 0 Å². The zero-order chi connectivity index (χ0) is 23.4. The van der Waals surface area contributed by atoms with E-state index in [-0.39, 0.29) is 18.5 Å². The van der Waals surface area contributed by atoms with Crippen LogP contribution in [0.4, 0.5) is 0 Å². The predicted molar refractivity (Wildman–Crippen MR) is 109 cm³/mol. The molecule has 2 aromatic carbocycles. The van der Waals surface area contributed by atoms with Crippen molar-refractivity contribution >= 4 is 18.2 Å². The van der Waals surface area contributed by atoms with Gasteiger partial charge in [0.1, 0.15) is 12.9 Å². The lowest BCUT2D eigenvalue weighted by Gasteiger charge is -2.20. The molecule has 0 spiro atoms. The van der Waals surface area contributed by atoms with Crippen LogP contribution in [0.5, 0.6) is 0 Å². The number of carbonyl (C=O) groups is 1. The molecular formula is C20H23O11P. The molecule has 1 unspecified atom stereocenters. The highest BCUT2D eigenvalue weighted by Gasteiger charge is 2.37. The first-order chi connectivity index (χ1) is 15.4. The molecule has 32 heavy (non-hydrogen) atoms. The Morgan fingerprint density at radius 2 is 1.56 bits per heavy atom. The van der Waals surface area contributed by atoms with Gasteiger partial charge >= 0.3 is 7.37 Å². The topological polar surface area (TPSA) is 128 Å². The maximum absolute atomic E-state index is 13.8. The number of aliphatic hydroxyl groups is 1. The molecule has 0 bridgehead atoms. The molecule has 2 rings (SSSR count). The van der Waals surface area contributed by atoms with Crippen molar-refractivity contribution in [3.63, 3.8) is 0 Å². The lowest BCUT2D eigenvalue weighted by Crippen LogP contribution is -2.19. The molecule has 0 fully saturated rings. The Kier molecular flexibility index (Phi) is 10.5. The summed E-state index contributed by atoms with van der Waals surface area (Å²) in [6, 6.07) is 11.9. The maximum atomic E-state index is 13.8. The van der Waals surface area contributed by atoms with Gasteiger partial charge in [-0.25, -0.2) is 4.89 Å². The summed E-state index contributed by atoms with van der Waals surface area (Å²) < 4.78 is 19.3. The van der Waals surface area contributed by atoms with Crippen LogP contribution in [-0.4, -0.2) is 23.8 Å². The summed E-state index contributed by atoms with van der Waals surface area (Å²) in [6.45, 7) is 4.94. The summed E-state index contributed by atoms with van der Waals surface area (Å²) in [6.07, 6.45) is 1.26. The van der Waals surface area contributed by atoms with Crippen LogP contribution < -0.4 is 5.30 Å². The van der Waals surface area contributed by atoms with Crippen LogP contribution >= 0.6 is 7.37 Å². The van der Waals surface area contributed by atoms with Crippen molar-refractivity contribution in [3.05, 3.63) is 77.2 Å².